The fourth-order valence-electron chi connectivity index (χ4n) is 2.49. The van der Waals surface area contributed by atoms with E-state index in [2.05, 4.69) is 10.2 Å². The molecule has 0 saturated carbocycles. The molecular weight excluding hydrogens is 363 g/mol. The minimum atomic E-state index is -5.04. The van der Waals surface area contributed by atoms with Gasteiger partial charge in [-0.05, 0) is 37.3 Å². The Morgan fingerprint density at radius 3 is 2.59 bits per heavy atom. The summed E-state index contributed by atoms with van der Waals surface area (Å²) in [4.78, 5) is 23.9. The zero-order chi connectivity index (χ0) is 19.6. The van der Waals surface area contributed by atoms with Gasteiger partial charge in [-0.1, -0.05) is 12.1 Å². The molecule has 0 radical (unpaired) electrons. The number of rotatable bonds is 5. The molecule has 0 saturated heterocycles. The van der Waals surface area contributed by atoms with Crippen LogP contribution in [0.25, 0.3) is 10.9 Å². The van der Waals surface area contributed by atoms with E-state index in [1.807, 2.05) is 6.92 Å². The van der Waals surface area contributed by atoms with Crippen LogP contribution in [0.2, 0.25) is 0 Å². The number of carbonyl (C=O) groups is 2. The Bertz CT molecular complexity index is 1010. The summed E-state index contributed by atoms with van der Waals surface area (Å²) < 4.78 is 42.7. The average Bonchev–Trinajstić information content (AvgIpc) is 3.03. The van der Waals surface area contributed by atoms with E-state index in [0.29, 0.717) is 23.4 Å². The minimum absolute atomic E-state index is 0.194. The molecule has 27 heavy (non-hydrogen) atoms. The van der Waals surface area contributed by atoms with Gasteiger partial charge in [0.2, 0.25) is 0 Å². The quantitative estimate of drug-likeness (QED) is 0.664. The van der Waals surface area contributed by atoms with Gasteiger partial charge < -0.3 is 10.1 Å². The summed E-state index contributed by atoms with van der Waals surface area (Å²) in [6, 6.07) is 11.0. The number of nitrogens with zero attached hydrogens (tertiary/aromatic N) is 1. The third-order valence-electron chi connectivity index (χ3n) is 3.72. The molecule has 3 aromatic rings. The third kappa shape index (κ3) is 3.91. The number of amides is 1. The zero-order valence-corrected chi connectivity index (χ0v) is 14.1. The van der Waals surface area contributed by atoms with Gasteiger partial charge in [-0.2, -0.15) is 18.3 Å². The first-order valence-electron chi connectivity index (χ1n) is 7.93. The van der Waals surface area contributed by atoms with Gasteiger partial charge in [0.25, 0.3) is 0 Å². The Morgan fingerprint density at radius 2 is 1.89 bits per heavy atom. The molecule has 1 heterocycles. The van der Waals surface area contributed by atoms with Gasteiger partial charge in [-0.25, -0.2) is 0 Å². The van der Waals surface area contributed by atoms with Crippen LogP contribution in [0, 0.1) is 0 Å². The first-order chi connectivity index (χ1) is 12.8. The van der Waals surface area contributed by atoms with E-state index < -0.39 is 12.1 Å². The maximum absolute atomic E-state index is 12.7. The van der Waals surface area contributed by atoms with E-state index in [-0.39, 0.29) is 22.6 Å². The summed E-state index contributed by atoms with van der Waals surface area (Å²) in [5, 5.41) is 8.08. The highest BCUT2D eigenvalue weighted by Crippen LogP contribution is 2.26. The molecular formula is C18H14F3N3O3. The van der Waals surface area contributed by atoms with Crippen molar-refractivity contribution in [3.05, 3.63) is 53.6 Å². The highest BCUT2D eigenvalue weighted by molar-refractivity contribution is 6.12. The molecule has 0 unspecified atom stereocenters. The van der Waals surface area contributed by atoms with Gasteiger partial charge in [0.1, 0.15) is 5.75 Å². The number of ketones is 1. The topological polar surface area (TPSA) is 84.1 Å². The number of anilines is 1. The van der Waals surface area contributed by atoms with Crippen LogP contribution in [0.5, 0.6) is 5.75 Å². The van der Waals surface area contributed by atoms with Gasteiger partial charge in [0.15, 0.2) is 11.6 Å². The molecule has 2 N–H and O–H groups in total. The maximum atomic E-state index is 12.7. The number of hydrogen-bond acceptors (Lipinski definition) is 4. The Morgan fingerprint density at radius 1 is 1.15 bits per heavy atom. The highest BCUT2D eigenvalue weighted by Gasteiger charge is 2.39. The van der Waals surface area contributed by atoms with Gasteiger partial charge in [-0.15, -0.1) is 0 Å². The lowest BCUT2D eigenvalue weighted by molar-refractivity contribution is -0.167. The molecule has 6 nitrogen and oxygen atoms in total. The average molecular weight is 377 g/mol. The third-order valence-corrected chi connectivity index (χ3v) is 3.72. The largest absolute Gasteiger partial charge is 0.494 e. The van der Waals surface area contributed by atoms with Crippen LogP contribution in [0.3, 0.4) is 0 Å². The van der Waals surface area contributed by atoms with Crippen molar-refractivity contribution in [1.29, 1.82) is 0 Å². The van der Waals surface area contributed by atoms with Crippen molar-refractivity contribution in [2.24, 2.45) is 0 Å². The first-order valence-corrected chi connectivity index (χ1v) is 7.93. The van der Waals surface area contributed by atoms with Crippen molar-refractivity contribution in [3.8, 4) is 5.75 Å². The van der Waals surface area contributed by atoms with E-state index >= 15 is 0 Å². The molecule has 0 aliphatic rings. The lowest BCUT2D eigenvalue weighted by Gasteiger charge is -2.07. The lowest BCUT2D eigenvalue weighted by Crippen LogP contribution is -2.30. The first kappa shape index (κ1) is 18.4. The smallest absolute Gasteiger partial charge is 0.471 e. The van der Waals surface area contributed by atoms with Crippen molar-refractivity contribution in [3.63, 3.8) is 0 Å². The molecule has 1 aromatic heterocycles. The number of alkyl halides is 3. The zero-order valence-electron chi connectivity index (χ0n) is 14.1. The van der Waals surface area contributed by atoms with Gasteiger partial charge in [-0.3, -0.25) is 14.7 Å². The summed E-state index contributed by atoms with van der Waals surface area (Å²) >= 11 is 0. The molecule has 1 amide bonds. The molecule has 0 atom stereocenters. The molecule has 0 aliphatic carbocycles. The second-order valence-corrected chi connectivity index (χ2v) is 5.57. The lowest BCUT2D eigenvalue weighted by atomic mass is 10.0. The number of fused-ring (bicyclic) bond motifs is 1. The van der Waals surface area contributed by atoms with Crippen LogP contribution in [0.15, 0.2) is 42.5 Å². The van der Waals surface area contributed by atoms with Crippen molar-refractivity contribution in [2.75, 3.05) is 11.9 Å². The van der Waals surface area contributed by atoms with Crippen LogP contribution >= 0.6 is 0 Å². The number of ether oxygens (including phenoxy) is 1. The molecule has 3 rings (SSSR count). The number of aromatic amines is 1. The summed E-state index contributed by atoms with van der Waals surface area (Å²) in [5.74, 6) is -2.25. The normalized spacial score (nSPS) is 11.4. The predicted molar refractivity (Wildman–Crippen MR) is 91.8 cm³/mol. The van der Waals surface area contributed by atoms with Gasteiger partial charge in [0, 0.05) is 16.5 Å². The Balaban J connectivity index is 1.94. The van der Waals surface area contributed by atoms with Crippen LogP contribution < -0.4 is 10.1 Å². The second kappa shape index (κ2) is 7.10. The van der Waals surface area contributed by atoms with Gasteiger partial charge >= 0.3 is 12.1 Å². The van der Waals surface area contributed by atoms with Crippen LogP contribution in [-0.4, -0.2) is 34.7 Å². The van der Waals surface area contributed by atoms with E-state index in [1.54, 1.807) is 29.6 Å². The number of hydrogen-bond donors (Lipinski definition) is 2. The minimum Gasteiger partial charge on any atom is -0.494 e. The van der Waals surface area contributed by atoms with Crippen LogP contribution in [0.1, 0.15) is 22.8 Å². The Hall–Kier alpha value is -3.36. The van der Waals surface area contributed by atoms with Crippen molar-refractivity contribution in [1.82, 2.24) is 10.2 Å². The monoisotopic (exact) mass is 377 g/mol. The van der Waals surface area contributed by atoms with Gasteiger partial charge in [0.05, 0.1) is 12.1 Å². The number of H-pyrrole nitrogens is 1. The number of carbonyl (C=O) groups excluding carboxylic acids is 2. The Labute approximate surface area is 151 Å². The fraction of sp³-hybridized carbons (Fsp3) is 0.167. The number of benzene rings is 2. The molecule has 140 valence electrons. The molecule has 0 bridgehead atoms. The highest BCUT2D eigenvalue weighted by atomic mass is 19.4. The molecule has 0 aliphatic heterocycles. The van der Waals surface area contributed by atoms with E-state index in [0.717, 1.165) is 0 Å². The van der Waals surface area contributed by atoms with Crippen molar-refractivity contribution < 1.29 is 27.5 Å². The fourth-order valence-corrected chi connectivity index (χ4v) is 2.49. The number of nitrogens with one attached hydrogen (secondary N) is 2. The van der Waals surface area contributed by atoms with Crippen molar-refractivity contribution in [2.45, 2.75) is 13.1 Å². The summed E-state index contributed by atoms with van der Waals surface area (Å²) in [7, 11) is 0. The van der Waals surface area contributed by atoms with Crippen molar-refractivity contribution >= 4 is 28.4 Å². The predicted octanol–water partition coefficient (Wildman–Crippen LogP) is 3.69. The van der Waals surface area contributed by atoms with Crippen LogP contribution in [0.4, 0.5) is 19.0 Å². The SMILES string of the molecule is CCOc1cccc(C(=O)c2ccc3[nH]nc(NC(=O)C(F)(F)F)c3c2)c1. The standard InChI is InChI=1S/C18H14F3N3O3/c1-2-27-12-5-3-4-10(8-12)15(25)11-6-7-14-13(9-11)16(24-23-14)22-17(26)18(19,20)21/h3-9H,2H2,1H3,(H2,22,23,24,26). The van der Waals surface area contributed by atoms with E-state index in [9.17, 15) is 22.8 Å². The number of halogens is 3. The summed E-state index contributed by atoms with van der Waals surface area (Å²) in [5.41, 5.74) is 0.983. The molecule has 0 fully saturated rings. The van der Waals surface area contributed by atoms with E-state index in [1.165, 1.54) is 18.2 Å². The maximum Gasteiger partial charge on any atom is 0.471 e. The summed E-state index contributed by atoms with van der Waals surface area (Å²) in [6.45, 7) is 2.26. The molecule has 0 spiro atoms. The molecule has 9 heteroatoms. The Kier molecular flexibility index (Phi) is 4.85. The van der Waals surface area contributed by atoms with Crippen LogP contribution in [-0.2, 0) is 4.79 Å². The second-order valence-electron chi connectivity index (χ2n) is 5.57. The number of aromatic nitrogens is 2. The van der Waals surface area contributed by atoms with E-state index in [4.69, 9.17) is 4.74 Å². The molecule has 2 aromatic carbocycles. The summed E-state index contributed by atoms with van der Waals surface area (Å²) in [6.07, 6.45) is -5.04.